The Balaban J connectivity index is 2.58. The Bertz CT molecular complexity index is 429. The van der Waals surface area contributed by atoms with Crippen LogP contribution in [0.15, 0.2) is 48.5 Å². The lowest BCUT2D eigenvalue weighted by Crippen LogP contribution is -1.93. The van der Waals surface area contributed by atoms with Gasteiger partial charge in [-0.25, -0.2) is 0 Å². The number of rotatable bonds is 3. The van der Waals surface area contributed by atoms with Crippen LogP contribution in [0.3, 0.4) is 0 Å². The summed E-state index contributed by atoms with van der Waals surface area (Å²) in [5.41, 5.74) is 5.19. The third kappa shape index (κ3) is 1.94. The Morgan fingerprint density at radius 2 is 1.50 bits per heavy atom. The molecule has 0 saturated carbocycles. The molecule has 0 aliphatic rings. The van der Waals surface area contributed by atoms with E-state index in [4.69, 9.17) is 0 Å². The SMILES string of the molecule is CCc1ccccc1-c1ccccc1NC. The van der Waals surface area contributed by atoms with Crippen molar-refractivity contribution in [3.05, 3.63) is 54.1 Å². The molecular weight excluding hydrogens is 194 g/mol. The van der Waals surface area contributed by atoms with Crippen LogP contribution < -0.4 is 5.32 Å². The minimum Gasteiger partial charge on any atom is -0.388 e. The van der Waals surface area contributed by atoms with E-state index in [-0.39, 0.29) is 0 Å². The summed E-state index contributed by atoms with van der Waals surface area (Å²) in [5, 5.41) is 3.25. The standard InChI is InChI=1S/C15H17N/c1-3-12-8-4-5-9-13(12)14-10-6-7-11-15(14)16-2/h4-11,16H,3H2,1-2H3. The van der Waals surface area contributed by atoms with Gasteiger partial charge < -0.3 is 5.32 Å². The zero-order valence-corrected chi connectivity index (χ0v) is 9.83. The molecule has 0 aromatic heterocycles. The average Bonchev–Trinajstić information content (AvgIpc) is 2.38. The maximum absolute atomic E-state index is 3.25. The molecule has 0 aliphatic carbocycles. The monoisotopic (exact) mass is 211 g/mol. The Hall–Kier alpha value is -1.76. The molecule has 0 amide bonds. The van der Waals surface area contributed by atoms with E-state index in [1.807, 2.05) is 7.05 Å². The van der Waals surface area contributed by atoms with Crippen LogP contribution in [-0.2, 0) is 6.42 Å². The zero-order valence-electron chi connectivity index (χ0n) is 9.83. The fourth-order valence-electron chi connectivity index (χ4n) is 2.03. The Kier molecular flexibility index (Phi) is 3.25. The van der Waals surface area contributed by atoms with Gasteiger partial charge in [0.25, 0.3) is 0 Å². The summed E-state index contributed by atoms with van der Waals surface area (Å²) in [6.45, 7) is 2.20. The average molecular weight is 211 g/mol. The topological polar surface area (TPSA) is 12.0 Å². The summed E-state index contributed by atoms with van der Waals surface area (Å²) in [5.74, 6) is 0. The van der Waals surface area contributed by atoms with Gasteiger partial charge in [-0.3, -0.25) is 0 Å². The third-order valence-corrected chi connectivity index (χ3v) is 2.88. The van der Waals surface area contributed by atoms with Crippen molar-refractivity contribution < 1.29 is 0 Å². The molecule has 0 radical (unpaired) electrons. The highest BCUT2D eigenvalue weighted by Gasteiger charge is 2.06. The Morgan fingerprint density at radius 3 is 2.19 bits per heavy atom. The molecule has 1 N–H and O–H groups in total. The quantitative estimate of drug-likeness (QED) is 0.810. The van der Waals surface area contributed by atoms with Gasteiger partial charge in [-0.15, -0.1) is 0 Å². The van der Waals surface area contributed by atoms with E-state index in [1.54, 1.807) is 0 Å². The first-order valence-corrected chi connectivity index (χ1v) is 5.72. The van der Waals surface area contributed by atoms with Crippen LogP contribution in [0.4, 0.5) is 5.69 Å². The Labute approximate surface area is 97.1 Å². The molecule has 1 heteroatoms. The van der Waals surface area contributed by atoms with Crippen LogP contribution in [0.2, 0.25) is 0 Å². The van der Waals surface area contributed by atoms with Gasteiger partial charge in [0.15, 0.2) is 0 Å². The van der Waals surface area contributed by atoms with Gasteiger partial charge in [0.1, 0.15) is 0 Å². The third-order valence-electron chi connectivity index (χ3n) is 2.88. The van der Waals surface area contributed by atoms with Gasteiger partial charge in [-0.05, 0) is 23.6 Å². The van der Waals surface area contributed by atoms with Crippen molar-refractivity contribution in [1.82, 2.24) is 0 Å². The molecule has 1 nitrogen and oxygen atoms in total. The van der Waals surface area contributed by atoms with Crippen molar-refractivity contribution in [2.45, 2.75) is 13.3 Å². The van der Waals surface area contributed by atoms with Gasteiger partial charge in [0.05, 0.1) is 0 Å². The molecular formula is C15H17N. The van der Waals surface area contributed by atoms with Crippen molar-refractivity contribution in [2.24, 2.45) is 0 Å². The summed E-state index contributed by atoms with van der Waals surface area (Å²) in [6.07, 6.45) is 1.06. The minimum atomic E-state index is 1.06. The molecule has 0 saturated heterocycles. The van der Waals surface area contributed by atoms with Crippen LogP contribution in [0.1, 0.15) is 12.5 Å². The molecule has 2 aromatic rings. The first-order valence-electron chi connectivity index (χ1n) is 5.72. The summed E-state index contributed by atoms with van der Waals surface area (Å²) >= 11 is 0. The maximum Gasteiger partial charge on any atom is 0.0417 e. The lowest BCUT2D eigenvalue weighted by Gasteiger charge is -2.12. The van der Waals surface area contributed by atoms with E-state index >= 15 is 0 Å². The number of para-hydroxylation sites is 1. The summed E-state index contributed by atoms with van der Waals surface area (Å²) < 4.78 is 0. The molecule has 0 fully saturated rings. The van der Waals surface area contributed by atoms with Crippen molar-refractivity contribution in [3.8, 4) is 11.1 Å². The van der Waals surface area contributed by atoms with Gasteiger partial charge in [-0.1, -0.05) is 49.4 Å². The van der Waals surface area contributed by atoms with Crippen molar-refractivity contribution in [2.75, 3.05) is 12.4 Å². The van der Waals surface area contributed by atoms with Crippen LogP contribution in [0, 0.1) is 0 Å². The van der Waals surface area contributed by atoms with Gasteiger partial charge in [0.2, 0.25) is 0 Å². The number of nitrogens with one attached hydrogen (secondary N) is 1. The molecule has 0 heterocycles. The molecule has 0 atom stereocenters. The second kappa shape index (κ2) is 4.84. The number of benzene rings is 2. The van der Waals surface area contributed by atoms with Crippen LogP contribution in [-0.4, -0.2) is 7.05 Å². The van der Waals surface area contributed by atoms with Crippen molar-refractivity contribution in [3.63, 3.8) is 0 Å². The van der Waals surface area contributed by atoms with E-state index in [0.717, 1.165) is 6.42 Å². The highest BCUT2D eigenvalue weighted by atomic mass is 14.8. The van der Waals surface area contributed by atoms with E-state index in [2.05, 4.69) is 60.8 Å². The molecule has 0 aliphatic heterocycles. The number of hydrogen-bond acceptors (Lipinski definition) is 1. The minimum absolute atomic E-state index is 1.06. The fourth-order valence-corrected chi connectivity index (χ4v) is 2.03. The van der Waals surface area contributed by atoms with Gasteiger partial charge >= 0.3 is 0 Å². The largest absolute Gasteiger partial charge is 0.388 e. The van der Waals surface area contributed by atoms with Crippen LogP contribution >= 0.6 is 0 Å². The maximum atomic E-state index is 3.25. The fraction of sp³-hybridized carbons (Fsp3) is 0.200. The predicted molar refractivity (Wildman–Crippen MR) is 70.8 cm³/mol. The zero-order chi connectivity index (χ0) is 11.4. The van der Waals surface area contributed by atoms with Gasteiger partial charge in [-0.2, -0.15) is 0 Å². The molecule has 2 rings (SSSR count). The van der Waals surface area contributed by atoms with Crippen molar-refractivity contribution in [1.29, 1.82) is 0 Å². The molecule has 0 spiro atoms. The second-order valence-electron chi connectivity index (χ2n) is 3.81. The molecule has 0 bridgehead atoms. The van der Waals surface area contributed by atoms with E-state index < -0.39 is 0 Å². The normalized spacial score (nSPS) is 10.1. The summed E-state index contributed by atoms with van der Waals surface area (Å²) in [6, 6.07) is 17.0. The number of aryl methyl sites for hydroxylation is 1. The van der Waals surface area contributed by atoms with E-state index in [9.17, 15) is 0 Å². The van der Waals surface area contributed by atoms with Crippen LogP contribution in [0.5, 0.6) is 0 Å². The number of hydrogen-bond donors (Lipinski definition) is 1. The summed E-state index contributed by atoms with van der Waals surface area (Å²) in [7, 11) is 1.97. The smallest absolute Gasteiger partial charge is 0.0417 e. The highest BCUT2D eigenvalue weighted by molar-refractivity contribution is 5.79. The Morgan fingerprint density at radius 1 is 0.875 bits per heavy atom. The predicted octanol–water partition coefficient (Wildman–Crippen LogP) is 3.96. The molecule has 0 unspecified atom stereocenters. The van der Waals surface area contributed by atoms with Crippen LogP contribution in [0.25, 0.3) is 11.1 Å². The number of anilines is 1. The summed E-state index contributed by atoms with van der Waals surface area (Å²) in [4.78, 5) is 0. The van der Waals surface area contributed by atoms with Gasteiger partial charge in [0, 0.05) is 18.3 Å². The molecule has 82 valence electrons. The second-order valence-corrected chi connectivity index (χ2v) is 3.81. The molecule has 2 aromatic carbocycles. The van der Waals surface area contributed by atoms with Crippen molar-refractivity contribution >= 4 is 5.69 Å². The first-order chi connectivity index (χ1) is 7.86. The van der Waals surface area contributed by atoms with E-state index in [0.29, 0.717) is 0 Å². The lowest BCUT2D eigenvalue weighted by molar-refractivity contribution is 1.14. The first kappa shape index (κ1) is 10.7. The molecule has 16 heavy (non-hydrogen) atoms. The highest BCUT2D eigenvalue weighted by Crippen LogP contribution is 2.30. The van der Waals surface area contributed by atoms with E-state index in [1.165, 1.54) is 22.4 Å². The lowest BCUT2D eigenvalue weighted by atomic mass is 9.97.